The van der Waals surface area contributed by atoms with Gasteiger partial charge in [-0.1, -0.05) is 48.5 Å². The molecule has 0 amide bonds. The predicted octanol–water partition coefficient (Wildman–Crippen LogP) is 17.0. The number of carboxylic acids is 3. The zero-order chi connectivity index (χ0) is 65.3. The lowest BCUT2D eigenvalue weighted by atomic mass is 9.96. The van der Waals surface area contributed by atoms with Gasteiger partial charge in [0.25, 0.3) is 0 Å². The minimum atomic E-state index is -1.10. The van der Waals surface area contributed by atoms with Gasteiger partial charge in [0.2, 0.25) is 0 Å². The van der Waals surface area contributed by atoms with Gasteiger partial charge >= 0.3 is 17.9 Å². The van der Waals surface area contributed by atoms with Gasteiger partial charge in [0, 0.05) is 71.0 Å². The van der Waals surface area contributed by atoms with Crippen LogP contribution in [0.1, 0.15) is 92.7 Å². The highest BCUT2D eigenvalue weighted by atomic mass is 19.1. The minimum Gasteiger partial charge on any atom is -0.493 e. The van der Waals surface area contributed by atoms with E-state index in [0.29, 0.717) is 70.3 Å². The molecule has 19 heteroatoms. The molecular formula is C73H69F4N3O12. The third kappa shape index (κ3) is 17.0. The molecule has 11 rings (SSSR count). The first-order chi connectivity index (χ1) is 44.5. The average molecular weight is 1260 g/mol. The number of nitrogens with zero attached hydrogens (tertiary/aromatic N) is 3. The molecule has 0 heterocycles. The number of hydrogen-bond acceptors (Lipinski definition) is 12. The number of anilines is 6. The lowest BCUT2D eigenvalue weighted by Crippen LogP contribution is -2.25. The molecule has 0 aliphatic heterocycles. The maximum absolute atomic E-state index is 14.3. The molecule has 2 fully saturated rings. The van der Waals surface area contributed by atoms with Gasteiger partial charge in [-0.05, 0) is 183 Å². The Morgan fingerprint density at radius 1 is 0.370 bits per heavy atom. The quantitative estimate of drug-likeness (QED) is 0.0515. The highest BCUT2D eigenvalue weighted by Crippen LogP contribution is 2.41. The van der Waals surface area contributed by atoms with E-state index in [1.165, 1.54) is 68.8 Å². The molecule has 0 unspecified atom stereocenters. The van der Waals surface area contributed by atoms with Gasteiger partial charge in [-0.3, -0.25) is 0 Å². The van der Waals surface area contributed by atoms with Crippen molar-refractivity contribution in [2.24, 2.45) is 0 Å². The van der Waals surface area contributed by atoms with Crippen LogP contribution in [-0.2, 0) is 19.6 Å². The number of ether oxygens (including phenoxy) is 6. The predicted molar refractivity (Wildman–Crippen MR) is 344 cm³/mol. The maximum atomic E-state index is 14.3. The number of carbonyl (C=O) groups is 3. The Bertz CT molecular complexity index is 4010. The van der Waals surface area contributed by atoms with E-state index < -0.39 is 29.5 Å². The van der Waals surface area contributed by atoms with Crippen LogP contribution in [0.4, 0.5) is 51.7 Å². The zero-order valence-electron chi connectivity index (χ0n) is 51.1. The normalized spacial score (nSPS) is 12.6. The van der Waals surface area contributed by atoms with Crippen LogP contribution in [0.3, 0.4) is 0 Å². The van der Waals surface area contributed by atoms with E-state index in [9.17, 15) is 47.3 Å². The molecule has 0 radical (unpaired) electrons. The summed E-state index contributed by atoms with van der Waals surface area (Å²) in [6.07, 6.45) is 7.85. The molecule has 0 saturated heterocycles. The zero-order valence-corrected chi connectivity index (χ0v) is 51.1. The summed E-state index contributed by atoms with van der Waals surface area (Å²) in [7, 11) is 6.19. The van der Waals surface area contributed by atoms with Crippen LogP contribution < -0.4 is 43.1 Å². The fourth-order valence-corrected chi connectivity index (χ4v) is 10.6. The standard InChI is InChI=1S/C26H26FNO4.C25H24FNO4.C22H19F2NO4/c1-31-24-13-12-22(16-25(24)32-23-10-2-3-11-23)28(17-18-6-4-8-20(27)14-18)21-9-5-7-19(15-21)26(29)30;1-30-23-12-11-21(15-24(23)31-22-9-4-10-22)27(16-17-5-2-7-19(26)13-17)20-8-3-6-18(14-20)25(28)29;1-28-20-10-9-16(12-21(20)29-2)25(13-17-18(23)7-4-8-19(17)24)15-6-3-5-14(11-15)22(26)27/h4-9,12-16,23H,2-3,10-11,17H2,1H3,(H,29,30);2-3,5-8,11-15,22H,4,9-10,16H2,1H3,(H,28,29);3-12H,13H2,1-2H3,(H,26,27). The summed E-state index contributed by atoms with van der Waals surface area (Å²) < 4.78 is 90.2. The average Bonchev–Trinajstić information content (AvgIpc) is 0.875. The van der Waals surface area contributed by atoms with Crippen LogP contribution in [0.5, 0.6) is 34.5 Å². The van der Waals surface area contributed by atoms with Crippen molar-refractivity contribution < 1.29 is 75.7 Å². The molecule has 15 nitrogen and oxygen atoms in total. The fourth-order valence-electron chi connectivity index (χ4n) is 10.6. The van der Waals surface area contributed by atoms with Crippen LogP contribution in [-0.4, -0.2) is 73.9 Å². The summed E-state index contributed by atoms with van der Waals surface area (Å²) in [6.45, 7) is 0.559. The molecule has 0 aromatic heterocycles. The summed E-state index contributed by atoms with van der Waals surface area (Å²) in [4.78, 5) is 39.9. The van der Waals surface area contributed by atoms with E-state index in [1.807, 2.05) is 70.5 Å². The molecule has 2 aliphatic carbocycles. The summed E-state index contributed by atoms with van der Waals surface area (Å²) >= 11 is 0. The van der Waals surface area contributed by atoms with Crippen molar-refractivity contribution in [1.29, 1.82) is 0 Å². The Morgan fingerprint density at radius 2 is 0.696 bits per heavy atom. The summed E-state index contributed by atoms with van der Waals surface area (Å²) in [5.74, 6) is -1.63. The number of halogens is 4. The van der Waals surface area contributed by atoms with Gasteiger partial charge in [0.15, 0.2) is 34.5 Å². The number of rotatable bonds is 23. The smallest absolute Gasteiger partial charge is 0.335 e. The molecular weight excluding hydrogens is 1190 g/mol. The van der Waals surface area contributed by atoms with E-state index in [2.05, 4.69) is 0 Å². The second-order valence-corrected chi connectivity index (χ2v) is 21.7. The fraction of sp³-hybridized carbons (Fsp3) is 0.219. The molecule has 0 bridgehead atoms. The van der Waals surface area contributed by atoms with Crippen molar-refractivity contribution in [3.8, 4) is 34.5 Å². The molecule has 0 atom stereocenters. The Balaban J connectivity index is 0.000000163. The van der Waals surface area contributed by atoms with Crippen molar-refractivity contribution in [2.75, 3.05) is 43.1 Å². The minimum absolute atomic E-state index is 0.0574. The van der Waals surface area contributed by atoms with E-state index in [0.717, 1.165) is 67.4 Å². The van der Waals surface area contributed by atoms with E-state index in [-0.39, 0.29) is 52.6 Å². The first-order valence-electron chi connectivity index (χ1n) is 29.7. The summed E-state index contributed by atoms with van der Waals surface area (Å²) in [5, 5.41) is 28.2. The van der Waals surface area contributed by atoms with Gasteiger partial charge < -0.3 is 58.4 Å². The second-order valence-electron chi connectivity index (χ2n) is 21.7. The van der Waals surface area contributed by atoms with E-state index in [4.69, 9.17) is 28.4 Å². The lowest BCUT2D eigenvalue weighted by Gasteiger charge is -2.29. The highest BCUT2D eigenvalue weighted by Gasteiger charge is 2.25. The SMILES string of the molecule is COc1ccc(N(Cc2c(F)cccc2F)c2cccc(C(=O)O)c2)cc1OC.COc1ccc(N(Cc2cccc(F)c2)c2cccc(C(=O)O)c2)cc1OC1CCC1.COc1ccc(N(Cc2cccc(F)c2)c2cccc(C(=O)O)c2)cc1OC1CCCC1. The molecule has 9 aromatic rings. The molecule has 2 aliphatic rings. The van der Waals surface area contributed by atoms with E-state index >= 15 is 0 Å². The Hall–Kier alpha value is -10.7. The molecule has 9 aromatic carbocycles. The van der Waals surface area contributed by atoms with Crippen molar-refractivity contribution in [3.63, 3.8) is 0 Å². The van der Waals surface area contributed by atoms with Gasteiger partial charge in [-0.2, -0.15) is 0 Å². The third-order valence-corrected chi connectivity index (χ3v) is 15.6. The summed E-state index contributed by atoms with van der Waals surface area (Å²) in [6, 6.07) is 52.2. The molecule has 0 spiro atoms. The Kier molecular flexibility index (Phi) is 22.3. The second kappa shape index (κ2) is 31.2. The molecule has 92 heavy (non-hydrogen) atoms. The van der Waals surface area contributed by atoms with Crippen LogP contribution in [0.2, 0.25) is 0 Å². The van der Waals surface area contributed by atoms with Crippen LogP contribution in [0.15, 0.2) is 194 Å². The maximum Gasteiger partial charge on any atom is 0.335 e. The van der Waals surface area contributed by atoms with Crippen molar-refractivity contribution in [3.05, 3.63) is 251 Å². The number of aromatic carboxylic acids is 3. The lowest BCUT2D eigenvalue weighted by molar-refractivity contribution is 0.0686. The van der Waals surface area contributed by atoms with Crippen LogP contribution in [0, 0.1) is 23.3 Å². The first-order valence-corrected chi connectivity index (χ1v) is 29.7. The highest BCUT2D eigenvalue weighted by molar-refractivity contribution is 5.91. The van der Waals surface area contributed by atoms with Crippen molar-refractivity contribution in [2.45, 2.75) is 76.8 Å². The molecule has 476 valence electrons. The molecule has 3 N–H and O–H groups in total. The third-order valence-electron chi connectivity index (χ3n) is 15.6. The number of benzene rings is 9. The van der Waals surface area contributed by atoms with Crippen LogP contribution in [0.25, 0.3) is 0 Å². The Labute approximate surface area is 530 Å². The monoisotopic (exact) mass is 1260 g/mol. The van der Waals surface area contributed by atoms with Crippen molar-refractivity contribution >= 4 is 52.0 Å². The van der Waals surface area contributed by atoms with E-state index in [1.54, 1.807) is 98.0 Å². The first kappa shape index (κ1) is 65.7. The van der Waals surface area contributed by atoms with Crippen LogP contribution >= 0.6 is 0 Å². The topological polar surface area (TPSA) is 177 Å². The van der Waals surface area contributed by atoms with Gasteiger partial charge in [0.1, 0.15) is 23.3 Å². The number of methoxy groups -OCH3 is 4. The van der Waals surface area contributed by atoms with Gasteiger partial charge in [-0.25, -0.2) is 31.9 Å². The Morgan fingerprint density at radius 3 is 1.04 bits per heavy atom. The molecule has 2 saturated carbocycles. The number of carboxylic acid groups (broad SMARTS) is 3. The van der Waals surface area contributed by atoms with Gasteiger partial charge in [0.05, 0.1) is 63.9 Å². The van der Waals surface area contributed by atoms with Crippen molar-refractivity contribution in [1.82, 2.24) is 0 Å². The summed E-state index contributed by atoms with van der Waals surface area (Å²) in [5.41, 5.74) is 5.78. The van der Waals surface area contributed by atoms with Gasteiger partial charge in [-0.15, -0.1) is 0 Å². The number of hydrogen-bond donors (Lipinski definition) is 3. The largest absolute Gasteiger partial charge is 0.493 e.